The van der Waals surface area contributed by atoms with E-state index in [1.54, 1.807) is 12.1 Å². The molecule has 0 unspecified atom stereocenters. The lowest BCUT2D eigenvalue weighted by atomic mass is 10.1. The molecule has 112 valence electrons. The molecule has 23 heavy (non-hydrogen) atoms. The summed E-state index contributed by atoms with van der Waals surface area (Å²) < 4.78 is 0.871. The molecule has 1 amide bonds. The van der Waals surface area contributed by atoms with Gasteiger partial charge < -0.3 is 5.32 Å². The number of hydrogen-bond acceptors (Lipinski definition) is 4. The Labute approximate surface area is 140 Å². The number of anilines is 1. The number of benzene rings is 2. The maximum Gasteiger partial charge on any atom is 0.276 e. The Bertz CT molecular complexity index is 931. The summed E-state index contributed by atoms with van der Waals surface area (Å²) in [5.41, 5.74) is 3.61. The zero-order valence-corrected chi connectivity index (χ0v) is 13.4. The fourth-order valence-corrected chi connectivity index (χ4v) is 3.10. The number of halogens is 1. The van der Waals surface area contributed by atoms with Gasteiger partial charge in [0.1, 0.15) is 5.71 Å². The quantitative estimate of drug-likeness (QED) is 0.787. The number of carbonyl (C=O) groups excluding carboxylic acids is 2. The van der Waals surface area contributed by atoms with Gasteiger partial charge in [0.25, 0.3) is 5.91 Å². The van der Waals surface area contributed by atoms with Crippen molar-refractivity contribution in [1.82, 2.24) is 0 Å². The van der Waals surface area contributed by atoms with Gasteiger partial charge in [-0.05, 0) is 23.8 Å². The number of rotatable bonds is 1. The van der Waals surface area contributed by atoms with Crippen LogP contribution in [0.1, 0.15) is 16.7 Å². The molecule has 2 aromatic rings. The second-order valence-corrected chi connectivity index (χ2v) is 6.21. The molecule has 6 heteroatoms. The van der Waals surface area contributed by atoms with Crippen LogP contribution in [0.4, 0.5) is 5.69 Å². The summed E-state index contributed by atoms with van der Waals surface area (Å²) in [6, 6.07) is 12.9. The predicted octanol–water partition coefficient (Wildman–Crippen LogP) is 2.72. The average Bonchev–Trinajstić information content (AvgIpc) is 3.01. The van der Waals surface area contributed by atoms with E-state index < -0.39 is 0 Å². The van der Waals surface area contributed by atoms with Crippen molar-refractivity contribution < 1.29 is 9.59 Å². The first-order valence-electron chi connectivity index (χ1n) is 7.02. The van der Waals surface area contributed by atoms with Crippen molar-refractivity contribution in [3.8, 4) is 0 Å². The molecule has 1 heterocycles. The molecule has 0 atom stereocenters. The number of hydrogen-bond donors (Lipinski definition) is 1. The van der Waals surface area contributed by atoms with Gasteiger partial charge in [0.2, 0.25) is 0 Å². The zero-order chi connectivity index (χ0) is 16.0. The Balaban J connectivity index is 1.79. The van der Waals surface area contributed by atoms with Crippen LogP contribution in [-0.4, -0.2) is 23.1 Å². The Morgan fingerprint density at radius 3 is 2.61 bits per heavy atom. The first-order chi connectivity index (χ1) is 11.1. The molecule has 4 rings (SSSR count). The number of amides is 1. The molecule has 1 aliphatic carbocycles. The topological polar surface area (TPSA) is 70.9 Å². The maximum absolute atomic E-state index is 12.2. The van der Waals surface area contributed by atoms with Crippen LogP contribution in [0.5, 0.6) is 0 Å². The van der Waals surface area contributed by atoms with E-state index in [0.717, 1.165) is 15.6 Å². The van der Waals surface area contributed by atoms with Crippen molar-refractivity contribution in [3.63, 3.8) is 0 Å². The lowest BCUT2D eigenvalue weighted by Gasteiger charge is -1.98. The first kappa shape index (κ1) is 14.0. The lowest BCUT2D eigenvalue weighted by molar-refractivity contribution is -0.112. The highest BCUT2D eigenvalue weighted by molar-refractivity contribution is 9.10. The Hall–Kier alpha value is -2.60. The standard InChI is InChI=1S/C17H10BrN3O2/c18-10-6-5-9-7-14(22)15(12(9)8-10)20-21-16-11-3-1-2-4-13(11)19-17(16)23/h1-6,8H,7H2,(H,19,21,23)/b20-15-. The molecular formula is C17H10BrN3O2. The number of nitrogens with zero attached hydrogens (tertiary/aromatic N) is 2. The third-order valence-electron chi connectivity index (χ3n) is 3.84. The summed E-state index contributed by atoms with van der Waals surface area (Å²) in [4.78, 5) is 24.2. The molecule has 0 bridgehead atoms. The number of fused-ring (bicyclic) bond motifs is 2. The van der Waals surface area contributed by atoms with Gasteiger partial charge in [-0.1, -0.05) is 40.2 Å². The summed E-state index contributed by atoms with van der Waals surface area (Å²) in [6.07, 6.45) is 0.315. The second kappa shape index (κ2) is 5.24. The van der Waals surface area contributed by atoms with E-state index in [2.05, 4.69) is 31.4 Å². The number of ketones is 1. The highest BCUT2D eigenvalue weighted by Crippen LogP contribution is 2.26. The normalized spacial score (nSPS) is 19.2. The smallest absolute Gasteiger partial charge is 0.276 e. The second-order valence-electron chi connectivity index (χ2n) is 5.30. The van der Waals surface area contributed by atoms with E-state index in [4.69, 9.17) is 0 Å². The number of para-hydroxylation sites is 1. The summed E-state index contributed by atoms with van der Waals surface area (Å²) >= 11 is 3.39. The van der Waals surface area contributed by atoms with Crippen LogP contribution in [0.15, 0.2) is 57.1 Å². The summed E-state index contributed by atoms with van der Waals surface area (Å²) in [7, 11) is 0. The Morgan fingerprint density at radius 2 is 1.74 bits per heavy atom. The average molecular weight is 368 g/mol. The van der Waals surface area contributed by atoms with Crippen LogP contribution in [0.2, 0.25) is 0 Å². The fourth-order valence-electron chi connectivity index (χ4n) is 2.74. The SMILES string of the molecule is O=C1Cc2ccc(Br)cc2/C1=N/N=C1\C(=O)Nc2ccccc21. The minimum absolute atomic E-state index is 0.0888. The van der Waals surface area contributed by atoms with Gasteiger partial charge in [-0.2, -0.15) is 0 Å². The monoisotopic (exact) mass is 367 g/mol. The third-order valence-corrected chi connectivity index (χ3v) is 4.33. The van der Waals surface area contributed by atoms with Crippen LogP contribution >= 0.6 is 15.9 Å². The fraction of sp³-hybridized carbons (Fsp3) is 0.0588. The molecular weight excluding hydrogens is 358 g/mol. The molecule has 0 fully saturated rings. The first-order valence-corrected chi connectivity index (χ1v) is 7.81. The van der Waals surface area contributed by atoms with Crippen LogP contribution in [0.3, 0.4) is 0 Å². The summed E-state index contributed by atoms with van der Waals surface area (Å²) in [6.45, 7) is 0. The van der Waals surface area contributed by atoms with Gasteiger partial charge >= 0.3 is 0 Å². The number of Topliss-reactive ketones (excluding diaryl/α,β-unsaturated/α-hetero) is 1. The van der Waals surface area contributed by atoms with Gasteiger partial charge in [0.15, 0.2) is 11.5 Å². The Morgan fingerprint density at radius 1 is 0.957 bits per heavy atom. The van der Waals surface area contributed by atoms with E-state index >= 15 is 0 Å². The van der Waals surface area contributed by atoms with Gasteiger partial charge in [0.05, 0.1) is 5.69 Å². The van der Waals surface area contributed by atoms with Gasteiger partial charge in [0, 0.05) is 22.0 Å². The third kappa shape index (κ3) is 2.31. The van der Waals surface area contributed by atoms with Crippen LogP contribution in [-0.2, 0) is 16.0 Å². The maximum atomic E-state index is 12.2. The molecule has 0 saturated carbocycles. The molecule has 1 aliphatic heterocycles. The molecule has 0 radical (unpaired) electrons. The molecule has 5 nitrogen and oxygen atoms in total. The minimum Gasteiger partial charge on any atom is -0.320 e. The van der Waals surface area contributed by atoms with Gasteiger partial charge in [-0.25, -0.2) is 0 Å². The van der Waals surface area contributed by atoms with E-state index in [1.165, 1.54) is 0 Å². The van der Waals surface area contributed by atoms with Crippen LogP contribution < -0.4 is 5.32 Å². The van der Waals surface area contributed by atoms with E-state index in [-0.39, 0.29) is 17.4 Å². The van der Waals surface area contributed by atoms with Crippen molar-refractivity contribution in [1.29, 1.82) is 0 Å². The molecule has 1 N–H and O–H groups in total. The zero-order valence-electron chi connectivity index (χ0n) is 11.8. The van der Waals surface area contributed by atoms with E-state index in [1.807, 2.05) is 30.3 Å². The largest absolute Gasteiger partial charge is 0.320 e. The summed E-state index contributed by atoms with van der Waals surface area (Å²) in [5, 5.41) is 10.9. The highest BCUT2D eigenvalue weighted by atomic mass is 79.9. The van der Waals surface area contributed by atoms with Crippen molar-refractivity contribution in [3.05, 3.63) is 63.6 Å². The van der Waals surface area contributed by atoms with E-state index in [0.29, 0.717) is 23.4 Å². The van der Waals surface area contributed by atoms with Crippen molar-refractivity contribution >= 4 is 44.7 Å². The predicted molar refractivity (Wildman–Crippen MR) is 91.0 cm³/mol. The molecule has 0 spiro atoms. The number of carbonyl (C=O) groups is 2. The molecule has 2 aliphatic rings. The summed E-state index contributed by atoms with van der Waals surface area (Å²) in [5.74, 6) is -0.399. The number of nitrogens with one attached hydrogen (secondary N) is 1. The van der Waals surface area contributed by atoms with Gasteiger partial charge in [-0.15, -0.1) is 10.2 Å². The van der Waals surface area contributed by atoms with Crippen molar-refractivity contribution in [2.24, 2.45) is 10.2 Å². The van der Waals surface area contributed by atoms with Crippen LogP contribution in [0, 0.1) is 0 Å². The van der Waals surface area contributed by atoms with Crippen molar-refractivity contribution in [2.45, 2.75) is 6.42 Å². The molecule has 0 aromatic heterocycles. The molecule has 0 saturated heterocycles. The van der Waals surface area contributed by atoms with Gasteiger partial charge in [-0.3, -0.25) is 9.59 Å². The minimum atomic E-state index is -0.310. The highest BCUT2D eigenvalue weighted by Gasteiger charge is 2.28. The lowest BCUT2D eigenvalue weighted by Crippen LogP contribution is -2.15. The Kier molecular flexibility index (Phi) is 3.20. The van der Waals surface area contributed by atoms with E-state index in [9.17, 15) is 9.59 Å². The molecule has 2 aromatic carbocycles. The van der Waals surface area contributed by atoms with Crippen LogP contribution in [0.25, 0.3) is 0 Å². The van der Waals surface area contributed by atoms with Crippen molar-refractivity contribution in [2.75, 3.05) is 5.32 Å².